The summed E-state index contributed by atoms with van der Waals surface area (Å²) in [5.41, 5.74) is 0.763. The molecule has 1 aliphatic heterocycles. The van der Waals surface area contributed by atoms with E-state index in [0.29, 0.717) is 17.8 Å². The van der Waals surface area contributed by atoms with Crippen molar-refractivity contribution in [2.24, 2.45) is 0 Å². The summed E-state index contributed by atoms with van der Waals surface area (Å²) in [7, 11) is -0.469. The van der Waals surface area contributed by atoms with E-state index in [4.69, 9.17) is 14.6 Å². The zero-order valence-corrected chi connectivity index (χ0v) is 8.73. The molecule has 5 heteroatoms. The molecule has 1 aliphatic rings. The molecule has 1 aromatic heterocycles. The predicted octanol–water partition coefficient (Wildman–Crippen LogP) is 0.474. The molecule has 0 saturated carbocycles. The van der Waals surface area contributed by atoms with Crippen LogP contribution in [0.15, 0.2) is 18.3 Å². The van der Waals surface area contributed by atoms with Gasteiger partial charge in [-0.15, -0.1) is 0 Å². The molecule has 0 N–H and O–H groups in total. The summed E-state index contributed by atoms with van der Waals surface area (Å²) < 4.78 is 11.1. The minimum Gasteiger partial charge on any atom is -0.404 e. The molecule has 0 radical (unpaired) electrons. The first kappa shape index (κ1) is 10.2. The number of rotatable bonds is 1. The summed E-state index contributed by atoms with van der Waals surface area (Å²) in [5, 5.41) is 8.89. The third-order valence-electron chi connectivity index (χ3n) is 2.21. The van der Waals surface area contributed by atoms with Crippen molar-refractivity contribution in [3.05, 3.63) is 24.0 Å². The molecule has 1 aromatic rings. The quantitative estimate of drug-likeness (QED) is 0.621. The van der Waals surface area contributed by atoms with E-state index in [1.807, 2.05) is 19.9 Å². The number of hydrogen-bond donors (Lipinski definition) is 0. The lowest BCUT2D eigenvalue weighted by atomic mass is 9.78. The average Bonchev–Trinajstić information content (AvgIpc) is 2.59. The smallest absolute Gasteiger partial charge is 0.404 e. The van der Waals surface area contributed by atoms with E-state index in [0.717, 1.165) is 0 Å². The van der Waals surface area contributed by atoms with Gasteiger partial charge in [-0.3, -0.25) is 0 Å². The van der Waals surface area contributed by atoms with E-state index in [-0.39, 0.29) is 5.60 Å². The van der Waals surface area contributed by atoms with Crippen molar-refractivity contribution < 1.29 is 9.31 Å². The van der Waals surface area contributed by atoms with Crippen molar-refractivity contribution in [1.29, 1.82) is 5.26 Å². The molecule has 0 amide bonds. The molecule has 0 atom stereocenters. The maximum Gasteiger partial charge on any atom is 0.497 e. The zero-order valence-electron chi connectivity index (χ0n) is 8.73. The third-order valence-corrected chi connectivity index (χ3v) is 2.21. The summed E-state index contributed by atoms with van der Waals surface area (Å²) in [5.74, 6) is 0. The summed E-state index contributed by atoms with van der Waals surface area (Å²) in [6, 6.07) is 5.60. The predicted molar refractivity (Wildman–Crippen MR) is 55.5 cm³/mol. The van der Waals surface area contributed by atoms with Gasteiger partial charge in [-0.05, 0) is 19.9 Å². The van der Waals surface area contributed by atoms with Gasteiger partial charge in [-0.2, -0.15) is 5.26 Å². The van der Waals surface area contributed by atoms with Crippen LogP contribution in [0, 0.1) is 11.3 Å². The molecule has 0 aliphatic carbocycles. The molecule has 0 bridgehead atoms. The molecule has 1 saturated heterocycles. The SMILES string of the molecule is CC1(C)COB(c2cccnc2C#N)O1. The van der Waals surface area contributed by atoms with Gasteiger partial charge in [-0.1, -0.05) is 6.07 Å². The zero-order chi connectivity index (χ0) is 10.9. The van der Waals surface area contributed by atoms with Crippen LogP contribution in [0.5, 0.6) is 0 Å². The summed E-state index contributed by atoms with van der Waals surface area (Å²) in [6.07, 6.45) is 1.59. The van der Waals surface area contributed by atoms with E-state index >= 15 is 0 Å². The molecule has 2 rings (SSSR count). The molecule has 0 aromatic carbocycles. The van der Waals surface area contributed by atoms with Gasteiger partial charge >= 0.3 is 7.12 Å². The standard InChI is InChI=1S/C10H11BN2O2/c1-10(2)7-14-11(15-10)8-4-3-5-13-9(8)6-12/h3-5H,7H2,1-2H3. The molecule has 1 fully saturated rings. The summed E-state index contributed by atoms with van der Waals surface area (Å²) >= 11 is 0. The lowest BCUT2D eigenvalue weighted by molar-refractivity contribution is 0.137. The number of hydrogen-bond acceptors (Lipinski definition) is 4. The van der Waals surface area contributed by atoms with Crippen LogP contribution >= 0.6 is 0 Å². The van der Waals surface area contributed by atoms with Crippen LogP contribution in [-0.2, 0) is 9.31 Å². The molecule has 15 heavy (non-hydrogen) atoms. The van der Waals surface area contributed by atoms with Crippen molar-refractivity contribution in [1.82, 2.24) is 4.98 Å². The van der Waals surface area contributed by atoms with E-state index in [2.05, 4.69) is 4.98 Å². The highest BCUT2D eigenvalue weighted by molar-refractivity contribution is 6.62. The molecule has 0 spiro atoms. The summed E-state index contributed by atoms with van der Waals surface area (Å²) in [6.45, 7) is 4.43. The van der Waals surface area contributed by atoms with Crippen LogP contribution in [0.2, 0.25) is 0 Å². The minimum absolute atomic E-state index is 0.298. The normalized spacial score (nSPS) is 18.9. The Bertz CT molecular complexity index is 414. The fraction of sp³-hybridized carbons (Fsp3) is 0.400. The Balaban J connectivity index is 2.28. The highest BCUT2D eigenvalue weighted by atomic mass is 16.7. The number of nitriles is 1. The van der Waals surface area contributed by atoms with E-state index < -0.39 is 7.12 Å². The Labute approximate surface area is 89.0 Å². The van der Waals surface area contributed by atoms with Gasteiger partial charge in [0.15, 0.2) is 0 Å². The molecule has 0 unspecified atom stereocenters. The second kappa shape index (κ2) is 3.65. The Morgan fingerprint density at radius 2 is 2.40 bits per heavy atom. The molecular formula is C10H11BN2O2. The highest BCUT2D eigenvalue weighted by Crippen LogP contribution is 2.19. The molecule has 2 heterocycles. The van der Waals surface area contributed by atoms with Crippen molar-refractivity contribution in [2.75, 3.05) is 6.61 Å². The number of pyridine rings is 1. The van der Waals surface area contributed by atoms with Crippen LogP contribution in [0.25, 0.3) is 0 Å². The topological polar surface area (TPSA) is 55.1 Å². The number of aromatic nitrogens is 1. The first-order valence-electron chi connectivity index (χ1n) is 4.77. The maximum atomic E-state index is 8.89. The highest BCUT2D eigenvalue weighted by Gasteiger charge is 2.39. The molecule has 76 valence electrons. The van der Waals surface area contributed by atoms with Gasteiger partial charge in [-0.25, -0.2) is 4.98 Å². The van der Waals surface area contributed by atoms with Gasteiger partial charge < -0.3 is 9.31 Å². The minimum atomic E-state index is -0.469. The van der Waals surface area contributed by atoms with Crippen LogP contribution in [0.3, 0.4) is 0 Å². The van der Waals surface area contributed by atoms with Gasteiger partial charge in [0.2, 0.25) is 0 Å². The van der Waals surface area contributed by atoms with E-state index in [1.165, 1.54) is 0 Å². The van der Waals surface area contributed by atoms with Gasteiger partial charge in [0.05, 0.1) is 12.2 Å². The largest absolute Gasteiger partial charge is 0.497 e. The molecular weight excluding hydrogens is 191 g/mol. The third kappa shape index (κ3) is 2.01. The second-order valence-corrected chi connectivity index (χ2v) is 4.07. The van der Waals surface area contributed by atoms with Crippen LogP contribution < -0.4 is 5.46 Å². The number of nitrogens with zero attached hydrogens (tertiary/aromatic N) is 2. The van der Waals surface area contributed by atoms with Crippen molar-refractivity contribution in [2.45, 2.75) is 19.4 Å². The van der Waals surface area contributed by atoms with Gasteiger partial charge in [0.1, 0.15) is 11.8 Å². The Morgan fingerprint density at radius 3 is 3.00 bits per heavy atom. The van der Waals surface area contributed by atoms with Crippen molar-refractivity contribution >= 4 is 12.6 Å². The monoisotopic (exact) mass is 202 g/mol. The van der Waals surface area contributed by atoms with E-state index in [9.17, 15) is 0 Å². The fourth-order valence-electron chi connectivity index (χ4n) is 1.49. The Hall–Kier alpha value is -1.38. The van der Waals surface area contributed by atoms with Crippen LogP contribution in [0.4, 0.5) is 0 Å². The van der Waals surface area contributed by atoms with Crippen molar-refractivity contribution in [3.63, 3.8) is 0 Å². The van der Waals surface area contributed by atoms with E-state index in [1.54, 1.807) is 18.3 Å². The lowest BCUT2D eigenvalue weighted by Crippen LogP contribution is -2.36. The lowest BCUT2D eigenvalue weighted by Gasteiger charge is -2.15. The first-order valence-corrected chi connectivity index (χ1v) is 4.77. The molecule has 4 nitrogen and oxygen atoms in total. The van der Waals surface area contributed by atoms with Gasteiger partial charge in [0.25, 0.3) is 0 Å². The first-order chi connectivity index (χ1) is 7.12. The second-order valence-electron chi connectivity index (χ2n) is 4.07. The fourth-order valence-corrected chi connectivity index (χ4v) is 1.49. The maximum absolute atomic E-state index is 8.89. The van der Waals surface area contributed by atoms with Crippen LogP contribution in [-0.4, -0.2) is 24.3 Å². The Morgan fingerprint density at radius 1 is 1.60 bits per heavy atom. The van der Waals surface area contributed by atoms with Gasteiger partial charge in [0, 0.05) is 11.7 Å². The van der Waals surface area contributed by atoms with Crippen molar-refractivity contribution in [3.8, 4) is 6.07 Å². The van der Waals surface area contributed by atoms with Crippen LogP contribution in [0.1, 0.15) is 19.5 Å². The average molecular weight is 202 g/mol. The summed E-state index contributed by atoms with van der Waals surface area (Å²) in [4.78, 5) is 3.97. The Kier molecular flexibility index (Phi) is 2.47.